The van der Waals surface area contributed by atoms with Crippen LogP contribution in [0, 0.1) is 0 Å². The Morgan fingerprint density at radius 1 is 1.13 bits per heavy atom. The first-order valence-corrected chi connectivity index (χ1v) is 4.58. The number of hydrogen-bond donors (Lipinski definition) is 1. The van der Waals surface area contributed by atoms with Crippen LogP contribution in [-0.2, 0) is 0 Å². The van der Waals surface area contributed by atoms with E-state index in [9.17, 15) is 5.11 Å². The lowest BCUT2D eigenvalue weighted by Crippen LogP contribution is -1.84. The van der Waals surface area contributed by atoms with Gasteiger partial charge in [-0.05, 0) is 23.8 Å². The second kappa shape index (κ2) is 4.00. The van der Waals surface area contributed by atoms with E-state index in [1.54, 1.807) is 19.4 Å². The molecule has 2 rings (SSSR count). The molecule has 1 aromatic heterocycles. The molecule has 0 spiro atoms. The van der Waals surface area contributed by atoms with Gasteiger partial charge in [-0.2, -0.15) is 0 Å². The molecule has 76 valence electrons. The third kappa shape index (κ3) is 2.07. The van der Waals surface area contributed by atoms with Crippen molar-refractivity contribution in [2.75, 3.05) is 7.11 Å². The Kier molecular flexibility index (Phi) is 2.54. The smallest absolute Gasteiger partial charge is 0.134 e. The molecule has 1 aromatic carbocycles. The fourth-order valence-electron chi connectivity index (χ4n) is 1.39. The summed E-state index contributed by atoms with van der Waals surface area (Å²) in [5.74, 6) is 0.950. The Balaban J connectivity index is 2.44. The van der Waals surface area contributed by atoms with Gasteiger partial charge < -0.3 is 9.84 Å². The topological polar surface area (TPSA) is 42.4 Å². The summed E-state index contributed by atoms with van der Waals surface area (Å²) in [7, 11) is 1.62. The number of pyridine rings is 1. The van der Waals surface area contributed by atoms with Gasteiger partial charge in [0.15, 0.2) is 0 Å². The van der Waals surface area contributed by atoms with Crippen molar-refractivity contribution in [3.63, 3.8) is 0 Å². The van der Waals surface area contributed by atoms with Crippen molar-refractivity contribution in [2.45, 2.75) is 0 Å². The second-order valence-electron chi connectivity index (χ2n) is 3.16. The number of hydrogen-bond acceptors (Lipinski definition) is 3. The Hall–Kier alpha value is -2.03. The molecule has 0 aliphatic rings. The van der Waals surface area contributed by atoms with Crippen molar-refractivity contribution in [2.24, 2.45) is 0 Å². The van der Waals surface area contributed by atoms with Crippen LogP contribution in [0.4, 0.5) is 0 Å². The predicted molar refractivity (Wildman–Crippen MR) is 57.9 cm³/mol. The summed E-state index contributed by atoms with van der Waals surface area (Å²) in [5, 5.41) is 9.31. The molecule has 0 saturated carbocycles. The van der Waals surface area contributed by atoms with Gasteiger partial charge in [-0.25, -0.2) is 0 Å². The molecule has 0 aliphatic carbocycles. The summed E-state index contributed by atoms with van der Waals surface area (Å²) in [5.41, 5.74) is 1.84. The number of rotatable bonds is 2. The van der Waals surface area contributed by atoms with E-state index in [-0.39, 0.29) is 5.75 Å². The molecular weight excluding hydrogens is 190 g/mol. The minimum Gasteiger partial charge on any atom is -0.506 e. The van der Waals surface area contributed by atoms with Crippen LogP contribution in [0.5, 0.6) is 11.5 Å². The molecule has 0 unspecified atom stereocenters. The van der Waals surface area contributed by atoms with Gasteiger partial charge in [-0.3, -0.25) is 4.98 Å². The molecule has 3 nitrogen and oxygen atoms in total. The fourth-order valence-corrected chi connectivity index (χ4v) is 1.39. The number of aromatic nitrogens is 1. The van der Waals surface area contributed by atoms with E-state index in [1.165, 1.54) is 6.20 Å². The molecule has 0 amide bonds. The van der Waals surface area contributed by atoms with Crippen molar-refractivity contribution in [1.29, 1.82) is 0 Å². The van der Waals surface area contributed by atoms with E-state index in [4.69, 9.17) is 4.74 Å². The molecule has 0 radical (unpaired) electrons. The molecule has 15 heavy (non-hydrogen) atoms. The minimum atomic E-state index is 0.162. The maximum absolute atomic E-state index is 9.31. The quantitative estimate of drug-likeness (QED) is 0.811. The third-order valence-corrected chi connectivity index (χ3v) is 2.13. The van der Waals surface area contributed by atoms with Gasteiger partial charge in [0, 0.05) is 11.8 Å². The summed E-state index contributed by atoms with van der Waals surface area (Å²) in [6.07, 6.45) is 3.11. The summed E-state index contributed by atoms with van der Waals surface area (Å²) in [4.78, 5) is 3.93. The Morgan fingerprint density at radius 2 is 2.00 bits per heavy atom. The first-order valence-electron chi connectivity index (χ1n) is 4.58. The van der Waals surface area contributed by atoms with Crippen molar-refractivity contribution in [1.82, 2.24) is 4.98 Å². The Bertz CT molecular complexity index is 469. The summed E-state index contributed by atoms with van der Waals surface area (Å²) < 4.78 is 5.12. The van der Waals surface area contributed by atoms with Gasteiger partial charge in [0.2, 0.25) is 0 Å². The lowest BCUT2D eigenvalue weighted by atomic mass is 10.1. The Morgan fingerprint density at radius 3 is 2.73 bits per heavy atom. The van der Waals surface area contributed by atoms with Crippen molar-refractivity contribution < 1.29 is 9.84 Å². The molecule has 0 atom stereocenters. The standard InChI is InChI=1S/C12H11NO2/c1-15-12-4-2-3-9(6-12)10-5-11(14)8-13-7-10/h2-8,14H,1H3. The Labute approximate surface area is 88.0 Å². The average Bonchev–Trinajstić information content (AvgIpc) is 2.29. The van der Waals surface area contributed by atoms with Crippen molar-refractivity contribution in [3.05, 3.63) is 42.7 Å². The van der Waals surface area contributed by atoms with Crippen LogP contribution < -0.4 is 4.74 Å². The highest BCUT2D eigenvalue weighted by Crippen LogP contribution is 2.25. The first-order chi connectivity index (χ1) is 7.29. The normalized spacial score (nSPS) is 9.93. The zero-order chi connectivity index (χ0) is 10.7. The predicted octanol–water partition coefficient (Wildman–Crippen LogP) is 2.46. The van der Waals surface area contributed by atoms with Crippen LogP contribution in [-0.4, -0.2) is 17.2 Å². The van der Waals surface area contributed by atoms with Crippen molar-refractivity contribution in [3.8, 4) is 22.6 Å². The maximum Gasteiger partial charge on any atom is 0.134 e. The molecule has 1 N–H and O–H groups in total. The molecule has 0 bridgehead atoms. The largest absolute Gasteiger partial charge is 0.506 e. The zero-order valence-electron chi connectivity index (χ0n) is 8.34. The van der Waals surface area contributed by atoms with E-state index in [0.717, 1.165) is 16.9 Å². The van der Waals surface area contributed by atoms with Gasteiger partial charge in [0.25, 0.3) is 0 Å². The minimum absolute atomic E-state index is 0.162. The summed E-state index contributed by atoms with van der Waals surface area (Å²) in [6, 6.07) is 9.29. The lowest BCUT2D eigenvalue weighted by Gasteiger charge is -2.04. The van der Waals surface area contributed by atoms with Gasteiger partial charge in [-0.1, -0.05) is 12.1 Å². The van der Waals surface area contributed by atoms with Crippen LogP contribution in [0.15, 0.2) is 42.7 Å². The molecule has 2 aromatic rings. The van der Waals surface area contributed by atoms with E-state index in [0.29, 0.717) is 0 Å². The molecule has 1 heterocycles. The van der Waals surface area contributed by atoms with Crippen LogP contribution >= 0.6 is 0 Å². The highest BCUT2D eigenvalue weighted by Gasteiger charge is 2.00. The maximum atomic E-state index is 9.31. The average molecular weight is 201 g/mol. The summed E-state index contributed by atoms with van der Waals surface area (Å²) in [6.45, 7) is 0. The highest BCUT2D eigenvalue weighted by molar-refractivity contribution is 5.65. The van der Waals surface area contributed by atoms with Crippen molar-refractivity contribution >= 4 is 0 Å². The molecule has 0 saturated heterocycles. The third-order valence-electron chi connectivity index (χ3n) is 2.13. The molecule has 3 heteroatoms. The molecular formula is C12H11NO2. The number of methoxy groups -OCH3 is 1. The highest BCUT2D eigenvalue weighted by atomic mass is 16.5. The van der Waals surface area contributed by atoms with Crippen LogP contribution in [0.3, 0.4) is 0 Å². The molecule has 0 aliphatic heterocycles. The number of nitrogens with zero attached hydrogens (tertiary/aromatic N) is 1. The number of ether oxygens (including phenoxy) is 1. The van der Waals surface area contributed by atoms with E-state index >= 15 is 0 Å². The SMILES string of the molecule is COc1cccc(-c2cncc(O)c2)c1. The van der Waals surface area contributed by atoms with E-state index in [1.807, 2.05) is 24.3 Å². The van der Waals surface area contributed by atoms with Gasteiger partial charge in [0.1, 0.15) is 11.5 Å². The summed E-state index contributed by atoms with van der Waals surface area (Å²) >= 11 is 0. The van der Waals surface area contributed by atoms with Gasteiger partial charge >= 0.3 is 0 Å². The second-order valence-corrected chi connectivity index (χ2v) is 3.16. The monoisotopic (exact) mass is 201 g/mol. The number of aromatic hydroxyl groups is 1. The van der Waals surface area contributed by atoms with Gasteiger partial charge in [-0.15, -0.1) is 0 Å². The van der Waals surface area contributed by atoms with E-state index in [2.05, 4.69) is 4.98 Å². The van der Waals surface area contributed by atoms with Crippen LogP contribution in [0.2, 0.25) is 0 Å². The zero-order valence-corrected chi connectivity index (χ0v) is 8.34. The first kappa shape index (κ1) is 9.52. The lowest BCUT2D eigenvalue weighted by molar-refractivity contribution is 0.415. The van der Waals surface area contributed by atoms with E-state index < -0.39 is 0 Å². The van der Waals surface area contributed by atoms with Crippen LogP contribution in [0.25, 0.3) is 11.1 Å². The number of benzene rings is 1. The van der Waals surface area contributed by atoms with Gasteiger partial charge in [0.05, 0.1) is 13.3 Å². The molecule has 0 fully saturated rings. The van der Waals surface area contributed by atoms with Crippen LogP contribution in [0.1, 0.15) is 0 Å². The fraction of sp³-hybridized carbons (Fsp3) is 0.0833.